The Kier molecular flexibility index (Phi) is 14.2. The standard InChI is InChI=1S/C30H32N8O20S4.4Na/c1-27-29(3)35-13-37-25(41)33-11-17-18(22(58-62(52,53)54)8-7-21(17)57-61(49,50)51)12-34-26(42)38(30(37,4)28(33,34)2)14-36(29)24(40)32(27)10-16-15(9-31(27)23(35)39)19(55-59(43,44)45)5-6-20(16)56-60(46,47)48;;;;/h5-8H,9-14H2,1-4H3,(H,43,44,45)(H,46,47,48)(H,49,50,51)(H,52,53,54);;;;/q;4*+1/p-4. The van der Waals surface area contributed by atoms with Gasteiger partial charge in [0.05, 0.1) is 26.2 Å². The smallest absolute Gasteiger partial charge is 0.716 e. The number of benzene rings is 2. The Balaban J connectivity index is 0.00000204. The summed E-state index contributed by atoms with van der Waals surface area (Å²) in [6.45, 7) is 1.31. The van der Waals surface area contributed by atoms with Crippen LogP contribution in [0.4, 0.5) is 19.2 Å². The molecule has 9 rings (SSSR count). The van der Waals surface area contributed by atoms with Crippen LogP contribution < -0.4 is 135 Å². The Morgan fingerprint density at radius 1 is 0.379 bits per heavy atom. The van der Waals surface area contributed by atoms with Crippen molar-refractivity contribution in [2.75, 3.05) is 13.3 Å². The van der Waals surface area contributed by atoms with Gasteiger partial charge in [0.25, 0.3) is 41.6 Å². The fourth-order valence-electron chi connectivity index (χ4n) is 10.0. The van der Waals surface area contributed by atoms with Crippen LogP contribution in [0.3, 0.4) is 0 Å². The first-order valence-corrected chi connectivity index (χ1v) is 23.0. The van der Waals surface area contributed by atoms with E-state index in [1.807, 2.05) is 0 Å². The first-order valence-electron chi connectivity index (χ1n) is 17.6. The van der Waals surface area contributed by atoms with Crippen molar-refractivity contribution < 1.29 is 206 Å². The molecule has 5 fully saturated rings. The van der Waals surface area contributed by atoms with Crippen LogP contribution in [0.15, 0.2) is 24.3 Å². The van der Waals surface area contributed by atoms with Gasteiger partial charge < -0.3 is 34.9 Å². The second-order valence-corrected chi connectivity index (χ2v) is 19.5. The van der Waals surface area contributed by atoms with Gasteiger partial charge in [0, 0.05) is 22.3 Å². The molecule has 2 aromatic carbocycles. The monoisotopic (exact) mass is 1040 g/mol. The fraction of sp³-hybridized carbons (Fsp3) is 0.467. The third-order valence-electron chi connectivity index (χ3n) is 13.1. The molecule has 0 saturated carbocycles. The summed E-state index contributed by atoms with van der Waals surface area (Å²) in [5.41, 5.74) is -9.00. The van der Waals surface area contributed by atoms with E-state index in [0.29, 0.717) is 0 Å². The predicted molar refractivity (Wildman–Crippen MR) is 189 cm³/mol. The normalized spacial score (nSPS) is 27.2. The van der Waals surface area contributed by atoms with Crippen LogP contribution in [0.2, 0.25) is 0 Å². The Morgan fingerprint density at radius 2 is 0.545 bits per heavy atom. The number of amides is 8. The van der Waals surface area contributed by atoms with Crippen molar-refractivity contribution in [2.45, 2.75) is 76.5 Å². The summed E-state index contributed by atoms with van der Waals surface area (Å²) >= 11 is 0. The van der Waals surface area contributed by atoms with E-state index in [1.54, 1.807) is 0 Å². The Hall–Kier alpha value is -1.64. The molecule has 36 heteroatoms. The minimum absolute atomic E-state index is 0. The zero-order chi connectivity index (χ0) is 45.4. The van der Waals surface area contributed by atoms with Crippen molar-refractivity contribution in [2.24, 2.45) is 0 Å². The number of carbonyl (C=O) groups is 4. The van der Waals surface area contributed by atoms with E-state index < -0.39 is 151 Å². The topological polar surface area (TPSA) is 360 Å². The summed E-state index contributed by atoms with van der Waals surface area (Å²) in [5, 5.41) is 0. The molecule has 0 spiro atoms. The van der Waals surface area contributed by atoms with E-state index in [9.17, 15) is 71.1 Å². The zero-order valence-electron chi connectivity index (χ0n) is 35.9. The molecule has 28 nitrogen and oxygen atoms in total. The van der Waals surface area contributed by atoms with Gasteiger partial charge in [-0.05, 0) is 52.0 Å². The number of nitrogens with zero attached hydrogens (tertiary/aromatic N) is 8. The molecule has 0 N–H and O–H groups in total. The van der Waals surface area contributed by atoms with Gasteiger partial charge in [-0.15, -0.1) is 0 Å². The molecule has 336 valence electrons. The van der Waals surface area contributed by atoms with Gasteiger partial charge in [-0.3, -0.25) is 39.2 Å². The maximum absolute atomic E-state index is 14.9. The van der Waals surface area contributed by atoms with Crippen molar-refractivity contribution >= 4 is 65.7 Å². The van der Waals surface area contributed by atoms with Gasteiger partial charge in [-0.25, -0.2) is 52.8 Å². The van der Waals surface area contributed by atoms with Gasteiger partial charge in [-0.1, -0.05) is 0 Å². The van der Waals surface area contributed by atoms with Gasteiger partial charge in [0.1, 0.15) is 36.3 Å². The van der Waals surface area contributed by atoms with Crippen LogP contribution in [0.25, 0.3) is 0 Å². The summed E-state index contributed by atoms with van der Waals surface area (Å²) in [6, 6.07) is -0.546. The Bertz CT molecular complexity index is 2590. The van der Waals surface area contributed by atoms with Crippen LogP contribution in [-0.4, -0.2) is 151 Å². The predicted octanol–water partition coefficient (Wildman–Crippen LogP) is -13.5. The average Bonchev–Trinajstić information content (AvgIpc) is 3.38. The van der Waals surface area contributed by atoms with Crippen molar-refractivity contribution in [3.8, 4) is 23.0 Å². The van der Waals surface area contributed by atoms with E-state index in [1.165, 1.54) is 27.7 Å². The summed E-state index contributed by atoms with van der Waals surface area (Å²) in [5.74, 6) is -2.83. The molecule has 0 aliphatic carbocycles. The zero-order valence-corrected chi connectivity index (χ0v) is 47.2. The number of urea groups is 4. The Labute approximate surface area is 464 Å². The third-order valence-corrected chi connectivity index (χ3v) is 14.7. The largest absolute Gasteiger partial charge is 1.00 e. The molecule has 8 amide bonds. The van der Waals surface area contributed by atoms with Crippen LogP contribution in [0.5, 0.6) is 23.0 Å². The molecule has 5 saturated heterocycles. The summed E-state index contributed by atoms with van der Waals surface area (Å²) in [7, 11) is -22.1. The van der Waals surface area contributed by atoms with Crippen LogP contribution in [0, 0.1) is 0 Å². The summed E-state index contributed by atoms with van der Waals surface area (Å²) in [6.07, 6.45) is 0. The van der Waals surface area contributed by atoms with Gasteiger partial charge in [0.15, 0.2) is 22.7 Å². The molecule has 2 aromatic rings. The first kappa shape index (κ1) is 55.3. The molecule has 0 bridgehead atoms. The second-order valence-electron chi connectivity index (χ2n) is 15.6. The van der Waals surface area contributed by atoms with Crippen LogP contribution >= 0.6 is 0 Å². The quantitative estimate of drug-likeness (QED) is 0.135. The maximum Gasteiger partial charge on any atom is 1.00 e. The second kappa shape index (κ2) is 17.0. The van der Waals surface area contributed by atoms with E-state index in [-0.39, 0.29) is 140 Å². The molecule has 7 aliphatic rings. The molecule has 7 aliphatic heterocycles. The number of carbonyl (C=O) groups excluding carboxylic acids is 4. The molecule has 0 radical (unpaired) electrons. The first-order chi connectivity index (χ1) is 28.4. The van der Waals surface area contributed by atoms with E-state index in [2.05, 4.69) is 16.7 Å². The van der Waals surface area contributed by atoms with Gasteiger partial charge in [-0.2, -0.15) is 0 Å². The minimum Gasteiger partial charge on any atom is -0.716 e. The van der Waals surface area contributed by atoms with Crippen molar-refractivity contribution in [1.29, 1.82) is 0 Å². The molecule has 7 heterocycles. The minimum atomic E-state index is -5.53. The molecule has 0 unspecified atom stereocenters. The van der Waals surface area contributed by atoms with E-state index >= 15 is 0 Å². The number of rotatable bonds is 8. The van der Waals surface area contributed by atoms with Gasteiger partial charge in [0.2, 0.25) is 0 Å². The molecule has 0 atom stereocenters. The molecule has 66 heavy (non-hydrogen) atoms. The Morgan fingerprint density at radius 3 is 0.712 bits per heavy atom. The van der Waals surface area contributed by atoms with Crippen LogP contribution in [0.1, 0.15) is 49.9 Å². The fourth-order valence-corrected chi connectivity index (χ4v) is 11.5. The van der Waals surface area contributed by atoms with E-state index in [4.69, 9.17) is 0 Å². The maximum atomic E-state index is 14.9. The van der Waals surface area contributed by atoms with Gasteiger partial charge >= 0.3 is 142 Å². The van der Waals surface area contributed by atoms with Crippen LogP contribution in [-0.2, 0) is 67.8 Å². The SMILES string of the molecule is CC12N3Cc4c(OS(=O)(=O)[O-])ccc(OS(=O)(=O)[O-])c4CN1C(=O)N1CN4C(=O)N5Cc6c(OS(=O)(=O)[O-])ccc(OS(=O)(=O)[O-])c6CN6C(=O)N(CN(C3=O)C12C)C4(C)C65C.[Na+].[Na+].[Na+].[Na+]. The van der Waals surface area contributed by atoms with Crippen molar-refractivity contribution in [3.63, 3.8) is 0 Å². The number of fused-ring (bicyclic) bond motifs is 2. The summed E-state index contributed by atoms with van der Waals surface area (Å²) < 4.78 is 160. The molecular weight excluding hydrogens is 1010 g/mol. The molecule has 0 aromatic heterocycles. The van der Waals surface area contributed by atoms with E-state index in [0.717, 1.165) is 63.5 Å². The average molecular weight is 1040 g/mol. The molecular formula is C30H28N8Na4O20S4. The van der Waals surface area contributed by atoms with Crippen molar-refractivity contribution in [3.05, 3.63) is 46.5 Å². The summed E-state index contributed by atoms with van der Waals surface area (Å²) in [4.78, 5) is 68.5. The third kappa shape index (κ3) is 7.72. The number of hydrogen-bond acceptors (Lipinski definition) is 20. The van der Waals surface area contributed by atoms with Crippen molar-refractivity contribution in [1.82, 2.24) is 39.2 Å². The number of hydrogen-bond donors (Lipinski definition) is 0.